The van der Waals surface area contributed by atoms with Gasteiger partial charge >= 0.3 is 0 Å². The van der Waals surface area contributed by atoms with Crippen molar-refractivity contribution in [1.82, 2.24) is 9.97 Å². The number of nitrogens with two attached hydrogens (primary N) is 1. The number of nitrogens with one attached hydrogen (secondary N) is 1. The molecule has 0 atom stereocenters. The van der Waals surface area contributed by atoms with Crippen LogP contribution in [0.3, 0.4) is 0 Å². The van der Waals surface area contributed by atoms with Crippen LogP contribution in [-0.4, -0.2) is 15.9 Å². The van der Waals surface area contributed by atoms with Gasteiger partial charge in [-0.3, -0.25) is 14.8 Å². The van der Waals surface area contributed by atoms with E-state index in [1.165, 1.54) is 0 Å². The first-order valence-corrected chi connectivity index (χ1v) is 6.52. The lowest BCUT2D eigenvalue weighted by molar-refractivity contribution is 0.102. The fraction of sp³-hybridized carbons (Fsp3) is 0.0625. The fourth-order valence-electron chi connectivity index (χ4n) is 2.12. The van der Waals surface area contributed by atoms with Gasteiger partial charge < -0.3 is 11.1 Å². The zero-order chi connectivity index (χ0) is 14.8. The van der Waals surface area contributed by atoms with Gasteiger partial charge in [-0.25, -0.2) is 0 Å². The summed E-state index contributed by atoms with van der Waals surface area (Å²) in [6, 6.07) is 10.7. The van der Waals surface area contributed by atoms with E-state index in [0.717, 1.165) is 16.6 Å². The summed E-state index contributed by atoms with van der Waals surface area (Å²) in [4.78, 5) is 20.7. The topological polar surface area (TPSA) is 80.9 Å². The van der Waals surface area contributed by atoms with Crippen molar-refractivity contribution in [3.8, 4) is 0 Å². The summed E-state index contributed by atoms with van der Waals surface area (Å²) in [6.07, 6.45) is 3.26. The second-order valence-electron chi connectivity index (χ2n) is 4.79. The molecule has 0 spiro atoms. The van der Waals surface area contributed by atoms with E-state index in [-0.39, 0.29) is 5.91 Å². The number of hydrogen-bond acceptors (Lipinski definition) is 4. The maximum absolute atomic E-state index is 12.3. The number of fused-ring (bicyclic) bond motifs is 1. The van der Waals surface area contributed by atoms with Crippen LogP contribution in [0.2, 0.25) is 0 Å². The Labute approximate surface area is 121 Å². The van der Waals surface area contributed by atoms with E-state index < -0.39 is 0 Å². The molecule has 2 aromatic carbocycles. The zero-order valence-corrected chi connectivity index (χ0v) is 11.5. The van der Waals surface area contributed by atoms with Crippen LogP contribution in [0.15, 0.2) is 48.8 Å². The second kappa shape index (κ2) is 5.20. The summed E-state index contributed by atoms with van der Waals surface area (Å²) in [5.41, 5.74) is 9.94. The normalized spacial score (nSPS) is 10.5. The summed E-state index contributed by atoms with van der Waals surface area (Å²) < 4.78 is 0. The van der Waals surface area contributed by atoms with Crippen molar-refractivity contribution in [1.29, 1.82) is 0 Å². The number of aryl methyl sites for hydroxylation is 1. The van der Waals surface area contributed by atoms with Gasteiger partial charge in [0.2, 0.25) is 0 Å². The van der Waals surface area contributed by atoms with Crippen LogP contribution in [0.4, 0.5) is 11.4 Å². The van der Waals surface area contributed by atoms with Crippen LogP contribution in [0.1, 0.15) is 15.9 Å². The van der Waals surface area contributed by atoms with Gasteiger partial charge in [0.15, 0.2) is 0 Å². The molecule has 0 aliphatic heterocycles. The summed E-state index contributed by atoms with van der Waals surface area (Å²) in [5, 5.41) is 2.86. The molecule has 0 saturated heterocycles. The molecule has 3 aromatic rings. The third kappa shape index (κ3) is 2.67. The number of benzene rings is 2. The quantitative estimate of drug-likeness (QED) is 0.706. The van der Waals surface area contributed by atoms with Gasteiger partial charge in [0.05, 0.1) is 11.0 Å². The number of carbonyl (C=O) groups is 1. The molecule has 104 valence electrons. The number of anilines is 2. The lowest BCUT2D eigenvalue weighted by atomic mass is 10.1. The molecule has 21 heavy (non-hydrogen) atoms. The lowest BCUT2D eigenvalue weighted by Gasteiger charge is -2.09. The van der Waals surface area contributed by atoms with Crippen LogP contribution in [0, 0.1) is 6.92 Å². The molecule has 0 radical (unpaired) electrons. The van der Waals surface area contributed by atoms with E-state index in [1.807, 2.05) is 19.1 Å². The number of nitrogen functional groups attached to an aromatic ring is 1. The van der Waals surface area contributed by atoms with Crippen molar-refractivity contribution >= 4 is 28.3 Å². The zero-order valence-electron chi connectivity index (χ0n) is 11.5. The molecule has 1 aromatic heterocycles. The number of rotatable bonds is 2. The fourth-order valence-corrected chi connectivity index (χ4v) is 2.12. The van der Waals surface area contributed by atoms with E-state index in [2.05, 4.69) is 15.3 Å². The highest BCUT2D eigenvalue weighted by atomic mass is 16.1. The highest BCUT2D eigenvalue weighted by Crippen LogP contribution is 2.18. The first kappa shape index (κ1) is 13.1. The van der Waals surface area contributed by atoms with E-state index in [9.17, 15) is 4.79 Å². The molecule has 5 heteroatoms. The second-order valence-corrected chi connectivity index (χ2v) is 4.79. The van der Waals surface area contributed by atoms with E-state index in [0.29, 0.717) is 16.9 Å². The molecule has 0 aliphatic rings. The Bertz CT molecular complexity index is 829. The Hall–Kier alpha value is -2.95. The highest BCUT2D eigenvalue weighted by molar-refractivity contribution is 6.06. The predicted octanol–water partition coefficient (Wildman–Crippen LogP) is 2.77. The summed E-state index contributed by atoms with van der Waals surface area (Å²) >= 11 is 0. The first-order chi connectivity index (χ1) is 10.1. The Morgan fingerprint density at radius 1 is 1.05 bits per heavy atom. The maximum atomic E-state index is 12.3. The highest BCUT2D eigenvalue weighted by Gasteiger charge is 2.10. The van der Waals surface area contributed by atoms with E-state index >= 15 is 0 Å². The summed E-state index contributed by atoms with van der Waals surface area (Å²) in [7, 11) is 0. The van der Waals surface area contributed by atoms with Crippen LogP contribution in [0.25, 0.3) is 11.0 Å². The number of hydrogen-bond donors (Lipinski definition) is 2. The minimum Gasteiger partial charge on any atom is -0.399 e. The molecule has 0 fully saturated rings. The third-order valence-electron chi connectivity index (χ3n) is 3.23. The standard InChI is InChI=1S/C16H14N4O/c1-10-2-3-11(17)8-13(10)16(21)20-12-4-5-14-15(9-12)19-7-6-18-14/h2-9H,17H2,1H3,(H,20,21). The summed E-state index contributed by atoms with van der Waals surface area (Å²) in [6.45, 7) is 1.88. The predicted molar refractivity (Wildman–Crippen MR) is 83.1 cm³/mol. The SMILES string of the molecule is Cc1ccc(N)cc1C(=O)Nc1ccc2nccnc2c1. The van der Waals surface area contributed by atoms with Crippen LogP contribution >= 0.6 is 0 Å². The number of aromatic nitrogens is 2. The molecular formula is C16H14N4O. The maximum Gasteiger partial charge on any atom is 0.256 e. The molecule has 3 N–H and O–H groups in total. The van der Waals surface area contributed by atoms with Gasteiger partial charge in [-0.05, 0) is 42.8 Å². The average Bonchev–Trinajstić information content (AvgIpc) is 2.49. The van der Waals surface area contributed by atoms with Crippen LogP contribution < -0.4 is 11.1 Å². The number of nitrogens with zero attached hydrogens (tertiary/aromatic N) is 2. The largest absolute Gasteiger partial charge is 0.399 e. The average molecular weight is 278 g/mol. The molecule has 0 unspecified atom stereocenters. The van der Waals surface area contributed by atoms with Gasteiger partial charge in [-0.1, -0.05) is 6.07 Å². The Morgan fingerprint density at radius 2 is 1.81 bits per heavy atom. The van der Waals surface area contributed by atoms with Crippen molar-refractivity contribution in [3.63, 3.8) is 0 Å². The van der Waals surface area contributed by atoms with Crippen molar-refractivity contribution in [2.24, 2.45) is 0 Å². The van der Waals surface area contributed by atoms with E-state index in [1.54, 1.807) is 36.7 Å². The van der Waals surface area contributed by atoms with Gasteiger partial charge in [0, 0.05) is 29.3 Å². The molecule has 0 aliphatic carbocycles. The van der Waals surface area contributed by atoms with Crippen molar-refractivity contribution in [2.45, 2.75) is 6.92 Å². The molecule has 1 amide bonds. The number of amides is 1. The minimum absolute atomic E-state index is 0.192. The molecule has 3 rings (SSSR count). The van der Waals surface area contributed by atoms with Crippen molar-refractivity contribution in [2.75, 3.05) is 11.1 Å². The Balaban J connectivity index is 1.90. The van der Waals surface area contributed by atoms with Crippen LogP contribution in [-0.2, 0) is 0 Å². The van der Waals surface area contributed by atoms with Crippen molar-refractivity contribution < 1.29 is 4.79 Å². The minimum atomic E-state index is -0.192. The first-order valence-electron chi connectivity index (χ1n) is 6.52. The van der Waals surface area contributed by atoms with E-state index in [4.69, 9.17) is 5.73 Å². The molecule has 5 nitrogen and oxygen atoms in total. The van der Waals surface area contributed by atoms with Crippen molar-refractivity contribution in [3.05, 3.63) is 59.9 Å². The smallest absolute Gasteiger partial charge is 0.256 e. The van der Waals surface area contributed by atoms with Gasteiger partial charge in [0.1, 0.15) is 0 Å². The molecule has 0 saturated carbocycles. The summed E-state index contributed by atoms with van der Waals surface area (Å²) in [5.74, 6) is -0.192. The van der Waals surface area contributed by atoms with Gasteiger partial charge in [-0.15, -0.1) is 0 Å². The lowest BCUT2D eigenvalue weighted by Crippen LogP contribution is -2.13. The van der Waals surface area contributed by atoms with Gasteiger partial charge in [-0.2, -0.15) is 0 Å². The van der Waals surface area contributed by atoms with Gasteiger partial charge in [0.25, 0.3) is 5.91 Å². The van der Waals surface area contributed by atoms with Crippen LogP contribution in [0.5, 0.6) is 0 Å². The molecule has 0 bridgehead atoms. The Morgan fingerprint density at radius 3 is 2.62 bits per heavy atom. The molecule has 1 heterocycles. The molecular weight excluding hydrogens is 264 g/mol. The number of carbonyl (C=O) groups excluding carboxylic acids is 1. The Kier molecular flexibility index (Phi) is 3.23. The monoisotopic (exact) mass is 278 g/mol. The third-order valence-corrected chi connectivity index (χ3v) is 3.23.